The van der Waals surface area contributed by atoms with Gasteiger partial charge in [-0.15, -0.1) is 0 Å². The molecule has 1 aromatic heterocycles. The van der Waals surface area contributed by atoms with Gasteiger partial charge in [0.2, 0.25) is 5.82 Å². The summed E-state index contributed by atoms with van der Waals surface area (Å²) in [6, 6.07) is 0. The van der Waals surface area contributed by atoms with Crippen molar-refractivity contribution in [3.8, 4) is 0 Å². The van der Waals surface area contributed by atoms with Crippen LogP contribution >= 0.6 is 0 Å². The number of nitrogens with zero attached hydrogens (tertiary/aromatic N) is 2. The molecule has 0 aromatic carbocycles. The summed E-state index contributed by atoms with van der Waals surface area (Å²) in [7, 11) is 0. The first-order chi connectivity index (χ1) is 6.39. The number of hydrogen-bond donors (Lipinski definition) is 2. The smallest absolute Gasteiger partial charge is 0.328 e. The third kappa shape index (κ3) is 2.67. The average Bonchev–Trinajstić information content (AvgIpc) is 2.47. The Morgan fingerprint density at radius 1 is 1.57 bits per heavy atom. The standard InChI is InChI=1S/C8H10N2O4/c1-8(2,13)7-9-5(14-10-7)3-4-6(11)12/h3-4,13H,1-2H3,(H,11,12). The van der Waals surface area contributed by atoms with E-state index in [1.54, 1.807) is 0 Å². The van der Waals surface area contributed by atoms with Gasteiger partial charge in [0.05, 0.1) is 0 Å². The zero-order chi connectivity index (χ0) is 10.8. The second-order valence-corrected chi connectivity index (χ2v) is 3.19. The molecule has 0 saturated heterocycles. The Balaban J connectivity index is 2.84. The highest BCUT2D eigenvalue weighted by Gasteiger charge is 2.22. The Labute approximate surface area is 79.9 Å². The van der Waals surface area contributed by atoms with Crippen molar-refractivity contribution in [2.24, 2.45) is 0 Å². The van der Waals surface area contributed by atoms with E-state index in [1.165, 1.54) is 13.8 Å². The predicted molar refractivity (Wildman–Crippen MR) is 46.2 cm³/mol. The molecular weight excluding hydrogens is 188 g/mol. The quantitative estimate of drug-likeness (QED) is 0.682. The predicted octanol–water partition coefficient (Wildman–Crippen LogP) is 0.395. The van der Waals surface area contributed by atoms with Crippen LogP contribution in [0.15, 0.2) is 10.6 Å². The lowest BCUT2D eigenvalue weighted by atomic mass is 10.1. The van der Waals surface area contributed by atoms with Gasteiger partial charge in [0.25, 0.3) is 5.89 Å². The van der Waals surface area contributed by atoms with E-state index in [2.05, 4.69) is 14.7 Å². The normalized spacial score (nSPS) is 12.2. The molecule has 0 saturated carbocycles. The summed E-state index contributed by atoms with van der Waals surface area (Å²) < 4.78 is 4.67. The largest absolute Gasteiger partial charge is 0.478 e. The van der Waals surface area contributed by atoms with E-state index in [1.807, 2.05) is 0 Å². The summed E-state index contributed by atoms with van der Waals surface area (Å²) in [6.45, 7) is 3.01. The number of carboxylic acid groups (broad SMARTS) is 1. The molecule has 6 nitrogen and oxygen atoms in total. The number of rotatable bonds is 3. The SMILES string of the molecule is CC(C)(O)c1noc(C=CC(=O)O)n1. The molecule has 0 fully saturated rings. The van der Waals surface area contributed by atoms with E-state index in [9.17, 15) is 9.90 Å². The lowest BCUT2D eigenvalue weighted by Crippen LogP contribution is -2.17. The van der Waals surface area contributed by atoms with E-state index in [-0.39, 0.29) is 11.7 Å². The van der Waals surface area contributed by atoms with Crippen LogP contribution in [0.3, 0.4) is 0 Å². The van der Waals surface area contributed by atoms with Crippen LogP contribution in [0.25, 0.3) is 6.08 Å². The molecule has 0 spiro atoms. The molecule has 0 atom stereocenters. The molecule has 0 aliphatic heterocycles. The number of hydrogen-bond acceptors (Lipinski definition) is 5. The van der Waals surface area contributed by atoms with Crippen LogP contribution in [-0.4, -0.2) is 26.3 Å². The highest BCUT2D eigenvalue weighted by Crippen LogP contribution is 2.15. The molecule has 0 amide bonds. The molecule has 1 aromatic rings. The van der Waals surface area contributed by atoms with Crippen molar-refractivity contribution in [1.82, 2.24) is 10.1 Å². The van der Waals surface area contributed by atoms with Crippen LogP contribution in [0.5, 0.6) is 0 Å². The van der Waals surface area contributed by atoms with Crippen LogP contribution in [0.1, 0.15) is 25.6 Å². The Morgan fingerprint density at radius 2 is 2.21 bits per heavy atom. The van der Waals surface area contributed by atoms with E-state index < -0.39 is 11.6 Å². The second-order valence-electron chi connectivity index (χ2n) is 3.19. The second kappa shape index (κ2) is 3.59. The topological polar surface area (TPSA) is 96.5 Å². The number of carbonyl (C=O) groups is 1. The highest BCUT2D eigenvalue weighted by atomic mass is 16.5. The van der Waals surface area contributed by atoms with E-state index in [0.29, 0.717) is 0 Å². The van der Waals surface area contributed by atoms with Crippen LogP contribution in [0, 0.1) is 0 Å². The van der Waals surface area contributed by atoms with E-state index >= 15 is 0 Å². The van der Waals surface area contributed by atoms with Gasteiger partial charge in [-0.25, -0.2) is 4.79 Å². The summed E-state index contributed by atoms with van der Waals surface area (Å²) in [5.41, 5.74) is -1.20. The van der Waals surface area contributed by atoms with Crippen molar-refractivity contribution >= 4 is 12.0 Å². The van der Waals surface area contributed by atoms with E-state index in [4.69, 9.17) is 5.11 Å². The molecule has 0 unspecified atom stereocenters. The fraction of sp³-hybridized carbons (Fsp3) is 0.375. The molecule has 76 valence electrons. The fourth-order valence-electron chi connectivity index (χ4n) is 0.694. The molecule has 1 heterocycles. The Kier molecular flexibility index (Phi) is 2.66. The van der Waals surface area contributed by atoms with Crippen molar-refractivity contribution < 1.29 is 19.5 Å². The first kappa shape index (κ1) is 10.4. The van der Waals surface area contributed by atoms with Crippen molar-refractivity contribution in [3.63, 3.8) is 0 Å². The first-order valence-corrected chi connectivity index (χ1v) is 3.87. The number of aliphatic hydroxyl groups is 1. The third-order valence-electron chi connectivity index (χ3n) is 1.36. The van der Waals surface area contributed by atoms with E-state index in [0.717, 1.165) is 12.2 Å². The van der Waals surface area contributed by atoms with Gasteiger partial charge in [-0.1, -0.05) is 5.16 Å². The summed E-state index contributed by atoms with van der Waals surface area (Å²) in [5, 5.41) is 21.3. The zero-order valence-electron chi connectivity index (χ0n) is 7.76. The van der Waals surface area contributed by atoms with Gasteiger partial charge in [-0.3, -0.25) is 0 Å². The van der Waals surface area contributed by atoms with Gasteiger partial charge in [-0.2, -0.15) is 4.98 Å². The lowest BCUT2D eigenvalue weighted by Gasteiger charge is -2.09. The monoisotopic (exact) mass is 198 g/mol. The van der Waals surface area contributed by atoms with Crippen molar-refractivity contribution in [1.29, 1.82) is 0 Å². The van der Waals surface area contributed by atoms with Crippen molar-refractivity contribution in [3.05, 3.63) is 17.8 Å². The molecule has 0 aliphatic rings. The van der Waals surface area contributed by atoms with Crippen LogP contribution in [0.2, 0.25) is 0 Å². The minimum Gasteiger partial charge on any atom is -0.478 e. The van der Waals surface area contributed by atoms with Gasteiger partial charge >= 0.3 is 5.97 Å². The molecule has 0 bridgehead atoms. The molecule has 0 radical (unpaired) electrons. The maximum Gasteiger partial charge on any atom is 0.328 e. The van der Waals surface area contributed by atoms with Gasteiger partial charge in [0, 0.05) is 12.2 Å². The summed E-state index contributed by atoms with van der Waals surface area (Å²) in [5.74, 6) is -0.944. The molecule has 14 heavy (non-hydrogen) atoms. The maximum atomic E-state index is 10.2. The maximum absolute atomic E-state index is 10.2. The van der Waals surface area contributed by atoms with Gasteiger partial charge in [0.15, 0.2) is 0 Å². The first-order valence-electron chi connectivity index (χ1n) is 3.87. The molecule has 0 aliphatic carbocycles. The summed E-state index contributed by atoms with van der Waals surface area (Å²) in [4.78, 5) is 13.9. The fourth-order valence-corrected chi connectivity index (χ4v) is 0.694. The minimum atomic E-state index is -1.20. The van der Waals surface area contributed by atoms with Crippen LogP contribution < -0.4 is 0 Å². The molecular formula is C8H10N2O4. The number of aromatic nitrogens is 2. The van der Waals surface area contributed by atoms with Crippen LogP contribution in [0.4, 0.5) is 0 Å². The molecule has 2 N–H and O–H groups in total. The molecule has 1 rings (SSSR count). The minimum absolute atomic E-state index is 0.0459. The Morgan fingerprint density at radius 3 is 2.64 bits per heavy atom. The van der Waals surface area contributed by atoms with Gasteiger partial charge in [0.1, 0.15) is 5.60 Å². The van der Waals surface area contributed by atoms with Crippen LogP contribution in [-0.2, 0) is 10.4 Å². The van der Waals surface area contributed by atoms with Crippen molar-refractivity contribution in [2.45, 2.75) is 19.4 Å². The zero-order valence-corrected chi connectivity index (χ0v) is 7.76. The van der Waals surface area contributed by atoms with Gasteiger partial charge in [-0.05, 0) is 13.8 Å². The third-order valence-corrected chi connectivity index (χ3v) is 1.36. The average molecular weight is 198 g/mol. The molecule has 6 heteroatoms. The summed E-state index contributed by atoms with van der Waals surface area (Å²) >= 11 is 0. The van der Waals surface area contributed by atoms with Crippen molar-refractivity contribution in [2.75, 3.05) is 0 Å². The Hall–Kier alpha value is -1.69. The number of carboxylic acids is 1. The Bertz CT molecular complexity index is 362. The highest BCUT2D eigenvalue weighted by molar-refractivity contribution is 5.84. The summed E-state index contributed by atoms with van der Waals surface area (Å²) in [6.07, 6.45) is 2.03. The lowest BCUT2D eigenvalue weighted by molar-refractivity contribution is -0.131. The van der Waals surface area contributed by atoms with Gasteiger partial charge < -0.3 is 14.7 Å². The number of aliphatic carboxylic acids is 1.